The van der Waals surface area contributed by atoms with Crippen LogP contribution >= 0.6 is 22.9 Å². The van der Waals surface area contributed by atoms with E-state index in [1.54, 1.807) is 11.3 Å². The minimum Gasteiger partial charge on any atom is -0.368 e. The Morgan fingerprint density at radius 2 is 1.88 bits per heavy atom. The normalized spacial score (nSPS) is 14.7. The molecule has 4 rings (SSSR count). The van der Waals surface area contributed by atoms with Crippen molar-refractivity contribution in [3.8, 4) is 0 Å². The van der Waals surface area contributed by atoms with Crippen molar-refractivity contribution in [1.82, 2.24) is 15.2 Å². The summed E-state index contributed by atoms with van der Waals surface area (Å²) < 4.78 is 0. The van der Waals surface area contributed by atoms with Gasteiger partial charge >= 0.3 is 0 Å². The zero-order valence-electron chi connectivity index (χ0n) is 14.1. The summed E-state index contributed by atoms with van der Waals surface area (Å²) in [6.07, 6.45) is 0.517. The van der Waals surface area contributed by atoms with E-state index >= 15 is 0 Å². The number of nitrogens with zero attached hydrogens (tertiary/aromatic N) is 4. The highest BCUT2D eigenvalue weighted by Gasteiger charge is 2.20. The molecule has 1 aromatic carbocycles. The number of H-pyrrole nitrogens is 1. The second-order valence-corrected chi connectivity index (χ2v) is 7.60. The monoisotopic (exact) mass is 387 g/mol. The first-order valence-electron chi connectivity index (χ1n) is 8.43. The number of benzene rings is 1. The predicted octanol–water partition coefficient (Wildman–Crippen LogP) is 2.80. The summed E-state index contributed by atoms with van der Waals surface area (Å²) >= 11 is 7.69. The van der Waals surface area contributed by atoms with Crippen LogP contribution < -0.4 is 15.4 Å². The van der Waals surface area contributed by atoms with E-state index in [0.29, 0.717) is 18.1 Å². The minimum absolute atomic E-state index is 0.166. The molecular weight excluding hydrogens is 370 g/mol. The molecule has 8 heteroatoms. The third kappa shape index (κ3) is 3.73. The van der Waals surface area contributed by atoms with Crippen LogP contribution in [0.15, 0.2) is 46.6 Å². The van der Waals surface area contributed by atoms with Crippen molar-refractivity contribution in [2.75, 3.05) is 36.0 Å². The number of aromatic nitrogens is 3. The van der Waals surface area contributed by atoms with Crippen LogP contribution in [0, 0.1) is 0 Å². The van der Waals surface area contributed by atoms with Crippen molar-refractivity contribution < 1.29 is 0 Å². The lowest BCUT2D eigenvalue weighted by atomic mass is 10.2. The number of thiophene rings is 1. The number of hydrogen-bond acceptors (Lipinski definition) is 6. The first kappa shape index (κ1) is 17.1. The molecule has 3 aromatic rings. The highest BCUT2D eigenvalue weighted by Crippen LogP contribution is 2.21. The second kappa shape index (κ2) is 7.47. The van der Waals surface area contributed by atoms with Crippen LogP contribution in [0.2, 0.25) is 5.02 Å². The Labute approximate surface area is 160 Å². The molecule has 0 aliphatic carbocycles. The molecule has 3 heterocycles. The number of hydrogen-bond donors (Lipinski definition) is 1. The van der Waals surface area contributed by atoms with Gasteiger partial charge in [-0.3, -0.25) is 9.78 Å². The van der Waals surface area contributed by atoms with Crippen LogP contribution in [-0.2, 0) is 6.42 Å². The second-order valence-electron chi connectivity index (χ2n) is 6.13. The molecule has 0 spiro atoms. The number of piperazine rings is 1. The van der Waals surface area contributed by atoms with Gasteiger partial charge in [0, 0.05) is 48.2 Å². The number of anilines is 2. The van der Waals surface area contributed by atoms with Gasteiger partial charge < -0.3 is 9.80 Å². The number of aromatic amines is 1. The van der Waals surface area contributed by atoms with Gasteiger partial charge in [-0.15, -0.1) is 21.5 Å². The van der Waals surface area contributed by atoms with Crippen LogP contribution in [0.5, 0.6) is 0 Å². The summed E-state index contributed by atoms with van der Waals surface area (Å²) in [5.74, 6) is 0.538. The molecule has 0 unspecified atom stereocenters. The molecule has 26 heavy (non-hydrogen) atoms. The van der Waals surface area contributed by atoms with Gasteiger partial charge in [-0.2, -0.15) is 0 Å². The van der Waals surface area contributed by atoms with Gasteiger partial charge in [0.1, 0.15) is 5.69 Å². The first-order valence-corrected chi connectivity index (χ1v) is 9.68. The summed E-state index contributed by atoms with van der Waals surface area (Å²) in [6, 6.07) is 11.8. The van der Waals surface area contributed by atoms with Crippen molar-refractivity contribution >= 4 is 34.6 Å². The Kier molecular flexibility index (Phi) is 4.90. The van der Waals surface area contributed by atoms with Gasteiger partial charge in [-0.25, -0.2) is 0 Å². The summed E-state index contributed by atoms with van der Waals surface area (Å²) in [6.45, 7) is 3.20. The fraction of sp³-hybridized carbons (Fsp3) is 0.278. The third-order valence-electron chi connectivity index (χ3n) is 4.43. The lowest BCUT2D eigenvalue weighted by molar-refractivity contribution is 0.631. The smallest absolute Gasteiger partial charge is 0.274 e. The van der Waals surface area contributed by atoms with E-state index in [1.807, 2.05) is 35.7 Å². The number of nitrogens with one attached hydrogen (secondary N) is 1. The molecule has 1 aliphatic heterocycles. The SMILES string of the molecule is O=c1[nH]c(N2CCN(c3cccc(Cl)c3)CC2)nnc1Cc1cccs1. The molecule has 1 fully saturated rings. The van der Waals surface area contributed by atoms with Gasteiger partial charge in [0.05, 0.1) is 0 Å². The lowest BCUT2D eigenvalue weighted by Gasteiger charge is -2.36. The molecule has 6 nitrogen and oxygen atoms in total. The maximum Gasteiger partial charge on any atom is 0.274 e. The van der Waals surface area contributed by atoms with E-state index in [9.17, 15) is 4.79 Å². The average Bonchev–Trinajstić information content (AvgIpc) is 3.17. The number of halogens is 1. The molecule has 134 valence electrons. The molecule has 0 amide bonds. The van der Waals surface area contributed by atoms with Gasteiger partial charge in [-0.1, -0.05) is 23.7 Å². The summed E-state index contributed by atoms with van der Waals surface area (Å²) in [4.78, 5) is 20.7. The van der Waals surface area contributed by atoms with Crippen molar-refractivity contribution in [3.63, 3.8) is 0 Å². The zero-order chi connectivity index (χ0) is 17.9. The van der Waals surface area contributed by atoms with Gasteiger partial charge in [0.25, 0.3) is 5.56 Å². The molecule has 0 radical (unpaired) electrons. The Hall–Kier alpha value is -2.38. The van der Waals surface area contributed by atoms with Crippen molar-refractivity contribution in [2.24, 2.45) is 0 Å². The van der Waals surface area contributed by atoms with Crippen LogP contribution in [0.3, 0.4) is 0 Å². The lowest BCUT2D eigenvalue weighted by Crippen LogP contribution is -2.47. The van der Waals surface area contributed by atoms with Crippen molar-refractivity contribution in [3.05, 3.63) is 67.7 Å². The van der Waals surface area contributed by atoms with Gasteiger partial charge in [0.2, 0.25) is 5.95 Å². The molecule has 0 atom stereocenters. The Morgan fingerprint density at radius 1 is 1.08 bits per heavy atom. The average molecular weight is 388 g/mol. The highest BCUT2D eigenvalue weighted by atomic mass is 35.5. The first-order chi connectivity index (χ1) is 12.7. The van der Waals surface area contributed by atoms with Crippen LogP contribution in [0.1, 0.15) is 10.6 Å². The third-order valence-corrected chi connectivity index (χ3v) is 5.54. The summed E-state index contributed by atoms with van der Waals surface area (Å²) in [5.41, 5.74) is 1.40. The molecule has 0 saturated carbocycles. The fourth-order valence-electron chi connectivity index (χ4n) is 3.04. The quantitative estimate of drug-likeness (QED) is 0.745. The van der Waals surface area contributed by atoms with E-state index in [4.69, 9.17) is 11.6 Å². The predicted molar refractivity (Wildman–Crippen MR) is 106 cm³/mol. The van der Waals surface area contributed by atoms with Crippen LogP contribution in [-0.4, -0.2) is 41.4 Å². The van der Waals surface area contributed by atoms with Crippen LogP contribution in [0.25, 0.3) is 0 Å². The Balaban J connectivity index is 1.43. The number of rotatable bonds is 4. The van der Waals surface area contributed by atoms with E-state index < -0.39 is 0 Å². The minimum atomic E-state index is -0.166. The van der Waals surface area contributed by atoms with E-state index in [0.717, 1.165) is 41.8 Å². The molecule has 1 saturated heterocycles. The topological polar surface area (TPSA) is 65.1 Å². The van der Waals surface area contributed by atoms with E-state index in [2.05, 4.69) is 31.0 Å². The van der Waals surface area contributed by atoms with Gasteiger partial charge in [-0.05, 0) is 29.6 Å². The van der Waals surface area contributed by atoms with Crippen molar-refractivity contribution in [2.45, 2.75) is 6.42 Å². The summed E-state index contributed by atoms with van der Waals surface area (Å²) in [7, 11) is 0. The standard InChI is InChI=1S/C18H18ClN5OS/c19-13-3-1-4-14(11-13)23-6-8-24(9-7-23)18-20-17(25)16(21-22-18)12-15-5-2-10-26-15/h1-5,10-11H,6-9,12H2,(H,20,22,25). The molecule has 1 aliphatic rings. The molecule has 0 bridgehead atoms. The van der Waals surface area contributed by atoms with E-state index in [-0.39, 0.29) is 5.56 Å². The molecule has 2 aromatic heterocycles. The van der Waals surface area contributed by atoms with E-state index in [1.165, 1.54) is 0 Å². The molecule has 1 N–H and O–H groups in total. The maximum absolute atomic E-state index is 12.3. The fourth-order valence-corrected chi connectivity index (χ4v) is 3.93. The Morgan fingerprint density at radius 3 is 2.58 bits per heavy atom. The summed E-state index contributed by atoms with van der Waals surface area (Å²) in [5, 5.41) is 11.1. The van der Waals surface area contributed by atoms with Crippen LogP contribution in [0.4, 0.5) is 11.6 Å². The Bertz CT molecular complexity index is 935. The maximum atomic E-state index is 12.3. The van der Waals surface area contributed by atoms with Crippen molar-refractivity contribution in [1.29, 1.82) is 0 Å². The van der Waals surface area contributed by atoms with Gasteiger partial charge in [0.15, 0.2) is 0 Å². The highest BCUT2D eigenvalue weighted by molar-refractivity contribution is 7.09. The zero-order valence-corrected chi connectivity index (χ0v) is 15.6. The largest absolute Gasteiger partial charge is 0.368 e. The molecular formula is C18H18ClN5OS.